The predicted octanol–water partition coefficient (Wildman–Crippen LogP) is 26.6. The van der Waals surface area contributed by atoms with Gasteiger partial charge in [-0.15, -0.1) is 0 Å². The van der Waals surface area contributed by atoms with Gasteiger partial charge < -0.3 is 14.5 Å². The Kier molecular flexibility index (Phi) is 17.6. The highest BCUT2D eigenvalue weighted by atomic mass is 35.5. The minimum absolute atomic E-state index is 0.0271. The molecule has 496 valence electrons. The van der Waals surface area contributed by atoms with E-state index in [0.717, 1.165) is 55.7 Å². The largest absolute Gasteiger partial charge is 0.356 e. The number of hydrogen-bond acceptors (Lipinski definition) is 2. The maximum atomic E-state index is 12.8. The van der Waals surface area contributed by atoms with Crippen LogP contribution < -0.4 is 10.2 Å². The van der Waals surface area contributed by atoms with Gasteiger partial charge in [-0.25, -0.2) is 0 Å². The summed E-state index contributed by atoms with van der Waals surface area (Å²) in [5.41, 5.74) is 31.0. The van der Waals surface area contributed by atoms with Crippen LogP contribution >= 0.6 is 11.6 Å². The molecule has 6 heteroatoms. The Morgan fingerprint density at radius 1 is 0.320 bits per heavy atom. The summed E-state index contributed by atoms with van der Waals surface area (Å²) >= 11 is 6.00. The van der Waals surface area contributed by atoms with E-state index < -0.39 is 0 Å². The Labute approximate surface area is 607 Å². The molecule has 0 radical (unpaired) electrons. The maximum Gasteiger partial charge on any atom is 0.228 e. The molecule has 103 heavy (non-hydrogen) atoms. The van der Waals surface area contributed by atoms with Gasteiger partial charge in [0.15, 0.2) is 0 Å². The van der Waals surface area contributed by atoms with Crippen molar-refractivity contribution in [2.24, 2.45) is 0 Å². The van der Waals surface area contributed by atoms with E-state index >= 15 is 0 Å². The standard InChI is InChI=1S/C39H30N2O.C37H28N2.C21H17Cl/c1-27-13-23-38-36(25-27)37-26-32(18-24-39(37)41(38)33-11-7-4-8-12-33)31-16-21-35(22-17-31)40(28(2)42)34-19-14-30(15-20-34)29-9-5-3-6-10-29;1-26-12-22-36-34(24-26)35-25-30(17-23-37(35)39(36)33-10-6-3-7-11-33)29-15-20-32(21-16-29)38-31-18-13-28(14-19-31)27-8-4-2-5-9-27;1-21(2)19-6-4-3-5-17(19)18-12-9-15(13-20(18)21)14-7-10-16(22)11-8-14/h3-26H,1-2H3;2-25,38H,1H3;3-13H,1-2H3. The summed E-state index contributed by atoms with van der Waals surface area (Å²) in [4.78, 5) is 14.6. The molecule has 1 N–H and O–H groups in total. The van der Waals surface area contributed by atoms with Gasteiger partial charge in [-0.3, -0.25) is 9.69 Å². The fourth-order valence-electron chi connectivity index (χ4n) is 14.9. The topological polar surface area (TPSA) is 42.2 Å². The van der Waals surface area contributed by atoms with Gasteiger partial charge in [0.05, 0.1) is 22.1 Å². The molecule has 0 saturated heterocycles. The number of anilines is 4. The Morgan fingerprint density at radius 3 is 1.08 bits per heavy atom. The van der Waals surface area contributed by atoms with E-state index in [1.54, 1.807) is 11.8 Å². The maximum absolute atomic E-state index is 12.8. The van der Waals surface area contributed by atoms with Gasteiger partial charge in [0.1, 0.15) is 0 Å². The number of para-hydroxylation sites is 2. The molecule has 17 aromatic rings. The van der Waals surface area contributed by atoms with E-state index in [2.05, 4.69) is 339 Å². The third-order valence-electron chi connectivity index (χ3n) is 20.1. The fraction of sp³-hybridized carbons (Fsp3) is 0.0619. The summed E-state index contributed by atoms with van der Waals surface area (Å²) in [6.45, 7) is 10.5. The summed E-state index contributed by atoms with van der Waals surface area (Å²) in [6, 6.07) is 126. The van der Waals surface area contributed by atoms with Crippen molar-refractivity contribution >= 4 is 83.9 Å². The number of nitrogens with one attached hydrogen (secondary N) is 1. The SMILES string of the molecule is CC(=O)N(c1ccc(-c2ccccc2)cc1)c1ccc(-c2ccc3c(c2)c2cc(C)ccc2n3-c2ccccc2)cc1.CC1(C)c2ccccc2-c2ccc(-c3ccc(Cl)cc3)cc21.Cc1ccc2c(c1)c1cc(-c3ccc(Nc4ccc(-c5ccccc5)cc4)cc3)ccc1n2-c1ccccc1. The molecule has 1 aliphatic carbocycles. The summed E-state index contributed by atoms with van der Waals surface area (Å²) in [5.74, 6) is -0.0271. The second kappa shape index (κ2) is 27.9. The molecule has 18 rings (SSSR count). The van der Waals surface area contributed by atoms with E-state index in [0.29, 0.717) is 0 Å². The number of carbonyl (C=O) groups is 1. The molecule has 0 unspecified atom stereocenters. The van der Waals surface area contributed by atoms with Crippen molar-refractivity contribution in [2.75, 3.05) is 10.2 Å². The summed E-state index contributed by atoms with van der Waals surface area (Å²) in [6.07, 6.45) is 0. The lowest BCUT2D eigenvalue weighted by molar-refractivity contribution is -0.115. The highest BCUT2D eigenvalue weighted by Gasteiger charge is 2.35. The monoisotopic (exact) mass is 1350 g/mol. The number of rotatable bonds is 11. The molecule has 1 amide bonds. The number of fused-ring (bicyclic) bond motifs is 9. The van der Waals surface area contributed by atoms with Gasteiger partial charge in [0.25, 0.3) is 0 Å². The molecule has 0 spiro atoms. The van der Waals surface area contributed by atoms with Gasteiger partial charge in [-0.1, -0.05) is 255 Å². The van der Waals surface area contributed by atoms with Crippen LogP contribution in [0.3, 0.4) is 0 Å². The van der Waals surface area contributed by atoms with Crippen LogP contribution in [-0.2, 0) is 10.2 Å². The molecule has 0 saturated carbocycles. The molecule has 1 aliphatic rings. The Hall–Kier alpha value is -12.5. The van der Waals surface area contributed by atoms with Gasteiger partial charge in [-0.05, 0) is 231 Å². The molecular weight excluding hydrogens is 1270 g/mol. The average molecular weight is 1350 g/mol. The normalized spacial score (nSPS) is 11.9. The molecule has 0 aliphatic heterocycles. The Bertz CT molecular complexity index is 5930. The lowest BCUT2D eigenvalue weighted by Crippen LogP contribution is -2.22. The van der Waals surface area contributed by atoms with Crippen molar-refractivity contribution in [3.8, 4) is 78.1 Å². The smallest absolute Gasteiger partial charge is 0.228 e. The van der Waals surface area contributed by atoms with Crippen molar-refractivity contribution < 1.29 is 4.79 Å². The number of aromatic nitrogens is 2. The highest BCUT2D eigenvalue weighted by Crippen LogP contribution is 2.50. The van der Waals surface area contributed by atoms with Gasteiger partial charge in [0, 0.05) is 73.0 Å². The minimum atomic E-state index is -0.0271. The lowest BCUT2D eigenvalue weighted by Gasteiger charge is -2.22. The summed E-state index contributed by atoms with van der Waals surface area (Å²) in [7, 11) is 0. The van der Waals surface area contributed by atoms with Gasteiger partial charge in [0.2, 0.25) is 5.91 Å². The van der Waals surface area contributed by atoms with Crippen LogP contribution in [-0.4, -0.2) is 15.0 Å². The van der Waals surface area contributed by atoms with Crippen LogP contribution in [0.15, 0.2) is 358 Å². The molecule has 0 fully saturated rings. The van der Waals surface area contributed by atoms with E-state index in [9.17, 15) is 4.79 Å². The first-order valence-corrected chi connectivity index (χ1v) is 35.6. The molecule has 0 atom stereocenters. The second-order valence-corrected chi connectivity index (χ2v) is 27.7. The Morgan fingerprint density at radius 2 is 0.641 bits per heavy atom. The zero-order valence-corrected chi connectivity index (χ0v) is 58.9. The summed E-state index contributed by atoms with van der Waals surface area (Å²) < 4.78 is 4.70. The number of amides is 1. The van der Waals surface area contributed by atoms with Crippen molar-refractivity contribution in [3.05, 3.63) is 385 Å². The highest BCUT2D eigenvalue weighted by molar-refractivity contribution is 6.30. The van der Waals surface area contributed by atoms with Crippen LogP contribution in [0.2, 0.25) is 5.02 Å². The molecule has 15 aromatic carbocycles. The summed E-state index contributed by atoms with van der Waals surface area (Å²) in [5, 5.41) is 9.34. The average Bonchev–Trinajstić information content (AvgIpc) is 1.59. The lowest BCUT2D eigenvalue weighted by atomic mass is 9.81. The first kappa shape index (κ1) is 65.1. The molecule has 2 heterocycles. The number of halogens is 1. The van der Waals surface area contributed by atoms with Crippen LogP contribution in [0, 0.1) is 13.8 Å². The van der Waals surface area contributed by atoms with Gasteiger partial charge >= 0.3 is 0 Å². The number of nitrogens with zero attached hydrogens (tertiary/aromatic N) is 3. The van der Waals surface area contributed by atoms with Crippen molar-refractivity contribution in [1.82, 2.24) is 9.13 Å². The van der Waals surface area contributed by atoms with Gasteiger partial charge in [-0.2, -0.15) is 0 Å². The number of hydrogen-bond donors (Lipinski definition) is 1. The zero-order chi connectivity index (χ0) is 70.1. The van der Waals surface area contributed by atoms with E-state index in [-0.39, 0.29) is 11.3 Å². The molecule has 5 nitrogen and oxygen atoms in total. The Balaban J connectivity index is 0.000000125. The van der Waals surface area contributed by atoms with Crippen LogP contribution in [0.5, 0.6) is 0 Å². The molecule has 0 bridgehead atoms. The third-order valence-corrected chi connectivity index (χ3v) is 20.4. The quantitative estimate of drug-likeness (QED) is 0.140. The second-order valence-electron chi connectivity index (χ2n) is 27.2. The number of benzene rings is 15. The van der Waals surface area contributed by atoms with E-state index in [1.807, 2.05) is 60.7 Å². The molecule has 2 aromatic heterocycles. The van der Waals surface area contributed by atoms with Crippen molar-refractivity contribution in [1.29, 1.82) is 0 Å². The van der Waals surface area contributed by atoms with Crippen molar-refractivity contribution in [2.45, 2.75) is 40.0 Å². The number of carbonyl (C=O) groups excluding carboxylic acids is 1. The van der Waals surface area contributed by atoms with E-state index in [4.69, 9.17) is 11.6 Å². The van der Waals surface area contributed by atoms with E-state index in [1.165, 1.54) is 116 Å². The number of aryl methyl sites for hydroxylation is 2. The minimum Gasteiger partial charge on any atom is -0.356 e. The first-order chi connectivity index (χ1) is 50.4. The van der Waals surface area contributed by atoms with Crippen molar-refractivity contribution in [3.63, 3.8) is 0 Å². The molecular formula is C97H75ClN4O. The third kappa shape index (κ3) is 13.0. The fourth-order valence-corrected chi connectivity index (χ4v) is 15.0. The van der Waals surface area contributed by atoms with Crippen LogP contribution in [0.25, 0.3) is 122 Å². The van der Waals surface area contributed by atoms with Crippen LogP contribution in [0.4, 0.5) is 22.7 Å². The van der Waals surface area contributed by atoms with Crippen LogP contribution in [0.1, 0.15) is 43.0 Å². The predicted molar refractivity (Wildman–Crippen MR) is 436 cm³/mol. The first-order valence-electron chi connectivity index (χ1n) is 35.2. The zero-order valence-electron chi connectivity index (χ0n) is 58.2.